The highest BCUT2D eigenvalue weighted by Crippen LogP contribution is 2.56. The quantitative estimate of drug-likeness (QED) is 0.374. The van der Waals surface area contributed by atoms with Crippen LogP contribution in [0.15, 0.2) is 0 Å². The molecule has 5 heteroatoms. The predicted molar refractivity (Wildman–Crippen MR) is 67.9 cm³/mol. The number of hydrogen-bond donors (Lipinski definition) is 0. The second-order valence-electron chi connectivity index (χ2n) is 3.65. The monoisotopic (exact) mass is 255 g/mol. The van der Waals surface area contributed by atoms with Crippen LogP contribution in [0.3, 0.4) is 0 Å². The van der Waals surface area contributed by atoms with Gasteiger partial charge in [0.05, 0.1) is 13.2 Å². The summed E-state index contributed by atoms with van der Waals surface area (Å²) in [5.74, 6) is 0.621. The molecule has 0 bridgehead atoms. The van der Waals surface area contributed by atoms with Crippen molar-refractivity contribution in [3.63, 3.8) is 0 Å². The molecule has 0 saturated heterocycles. The highest BCUT2D eigenvalue weighted by Gasteiger charge is 2.10. The lowest BCUT2D eigenvalue weighted by atomic mass is 10.2. The minimum absolute atomic E-state index is 0.621. The van der Waals surface area contributed by atoms with E-state index in [0.717, 1.165) is 19.3 Å². The molecule has 0 saturated carbocycles. The van der Waals surface area contributed by atoms with Crippen LogP contribution in [-0.2, 0) is 33.5 Å². The van der Waals surface area contributed by atoms with Crippen molar-refractivity contribution < 1.29 is 9.05 Å². The van der Waals surface area contributed by atoms with Crippen molar-refractivity contribution in [3.05, 3.63) is 0 Å². The summed E-state index contributed by atoms with van der Waals surface area (Å²) >= 11 is 10.2. The fraction of sp³-hybridized carbons (Fsp3) is 1.00. The normalized spacial score (nSPS) is 12.4. The van der Waals surface area contributed by atoms with E-state index in [4.69, 9.17) is 33.5 Å². The number of unbranched alkanes of at least 4 members (excludes halogenated alkanes) is 1. The molecule has 0 aliphatic rings. The maximum absolute atomic E-state index is 5.41. The van der Waals surface area contributed by atoms with Crippen LogP contribution >= 0.6 is 6.12 Å². The summed E-state index contributed by atoms with van der Waals surface area (Å²) in [4.78, 5) is 0. The van der Waals surface area contributed by atoms with E-state index in [1.54, 1.807) is 0 Å². The molecule has 0 spiro atoms. The Bertz CT molecular complexity index is 143. The Morgan fingerprint density at radius 3 is 2.21 bits per heavy atom. The zero-order chi connectivity index (χ0) is 11.0. The van der Waals surface area contributed by atoms with Gasteiger partial charge in [-0.2, -0.15) is 0 Å². The molecule has 14 heavy (non-hydrogen) atoms. The number of rotatable bonds is 8. The van der Waals surface area contributed by atoms with Gasteiger partial charge >= 0.3 is 0 Å². The van der Waals surface area contributed by atoms with Crippen molar-refractivity contribution in [1.29, 1.82) is 0 Å². The molecule has 0 rings (SSSR count). The van der Waals surface area contributed by atoms with E-state index >= 15 is 0 Å². The maximum Gasteiger partial charge on any atom is 0.0894 e. The van der Waals surface area contributed by atoms with E-state index in [-0.39, 0.29) is 0 Å². The summed E-state index contributed by atoms with van der Waals surface area (Å²) in [5.41, 5.74) is 0. The van der Waals surface area contributed by atoms with Crippen LogP contribution in [0.5, 0.6) is 0 Å². The molecule has 0 aliphatic heterocycles. The first-order valence-corrected chi connectivity index (χ1v) is 8.73. The second kappa shape index (κ2) is 8.23. The van der Waals surface area contributed by atoms with Crippen molar-refractivity contribution in [2.45, 2.75) is 40.0 Å². The molecule has 0 fully saturated rings. The third-order valence-electron chi connectivity index (χ3n) is 1.69. The lowest BCUT2D eigenvalue weighted by Crippen LogP contribution is -2.03. The van der Waals surface area contributed by atoms with Crippen LogP contribution in [0, 0.1) is 5.92 Å². The third-order valence-corrected chi connectivity index (χ3v) is 3.95. The Hall–Kier alpha value is 1.05. The largest absolute Gasteiger partial charge is 0.516 e. The second-order valence-corrected chi connectivity index (χ2v) is 8.64. The maximum atomic E-state index is 5.41. The summed E-state index contributed by atoms with van der Waals surface area (Å²) in [6.45, 7) is 7.67. The van der Waals surface area contributed by atoms with Crippen LogP contribution in [0.1, 0.15) is 40.0 Å². The van der Waals surface area contributed by atoms with E-state index in [1.807, 2.05) is 0 Å². The third kappa shape index (κ3) is 9.60. The smallest absolute Gasteiger partial charge is 0.0894 e. The predicted octanol–water partition coefficient (Wildman–Crippen LogP) is 3.64. The molecule has 0 N–H and O–H groups in total. The van der Waals surface area contributed by atoms with Crippen LogP contribution in [0.4, 0.5) is 0 Å². The molecule has 0 unspecified atom stereocenters. The summed E-state index contributed by atoms with van der Waals surface area (Å²) in [7, 11) is 0. The van der Waals surface area contributed by atoms with Gasteiger partial charge < -0.3 is 24.5 Å². The van der Waals surface area contributed by atoms with Gasteiger partial charge in [0.1, 0.15) is 0 Å². The zero-order valence-electron chi connectivity index (χ0n) is 9.19. The fourth-order valence-electron chi connectivity index (χ4n) is 0.758. The minimum atomic E-state index is -2.36. The van der Waals surface area contributed by atoms with E-state index in [9.17, 15) is 0 Å². The summed E-state index contributed by atoms with van der Waals surface area (Å²) < 4.78 is 10.8. The molecule has 86 valence electrons. The first-order valence-electron chi connectivity index (χ1n) is 5.08. The van der Waals surface area contributed by atoms with E-state index in [1.165, 1.54) is 0 Å². The van der Waals surface area contributed by atoms with Crippen LogP contribution < -0.4 is 0 Å². The topological polar surface area (TPSA) is 18.5 Å². The summed E-state index contributed by atoms with van der Waals surface area (Å²) in [5, 5.41) is 0. The van der Waals surface area contributed by atoms with Gasteiger partial charge in [-0.25, -0.2) is 0 Å². The Labute approximate surface area is 99.0 Å². The molecule has 0 aromatic rings. The Balaban J connectivity index is 3.50. The Morgan fingerprint density at radius 1 is 1.14 bits per heavy atom. The lowest BCUT2D eigenvalue weighted by molar-refractivity contribution is 0.242. The summed E-state index contributed by atoms with van der Waals surface area (Å²) in [6.07, 6.45) is 0.727. The van der Waals surface area contributed by atoms with E-state index in [2.05, 4.69) is 20.8 Å². The van der Waals surface area contributed by atoms with Crippen LogP contribution in [-0.4, -0.2) is 13.2 Å². The standard InChI is InChI=1S/C9H21O2PS2/c1-4-5-7-10-12(13,14)11-8-6-9(2)3/h9H,4-8H2,1-3H3,(H,13,14)/p-1. The molecule has 0 aromatic heterocycles. The van der Waals surface area contributed by atoms with Gasteiger partial charge in [-0.1, -0.05) is 27.2 Å². The van der Waals surface area contributed by atoms with E-state index in [0.29, 0.717) is 19.1 Å². The molecule has 0 amide bonds. The van der Waals surface area contributed by atoms with Crippen molar-refractivity contribution in [1.82, 2.24) is 0 Å². The van der Waals surface area contributed by atoms with Crippen LogP contribution in [0.25, 0.3) is 0 Å². The molecule has 0 radical (unpaired) electrons. The Morgan fingerprint density at radius 2 is 1.71 bits per heavy atom. The molecular weight excluding hydrogens is 235 g/mol. The van der Waals surface area contributed by atoms with Gasteiger partial charge in [-0.05, 0) is 18.8 Å². The van der Waals surface area contributed by atoms with Gasteiger partial charge in [0.2, 0.25) is 0 Å². The van der Waals surface area contributed by atoms with Crippen LogP contribution in [0.2, 0.25) is 0 Å². The highest BCUT2D eigenvalue weighted by molar-refractivity contribution is 8.69. The molecule has 0 aliphatic carbocycles. The van der Waals surface area contributed by atoms with Gasteiger partial charge in [0.25, 0.3) is 0 Å². The van der Waals surface area contributed by atoms with Crippen molar-refractivity contribution in [2.24, 2.45) is 5.92 Å². The van der Waals surface area contributed by atoms with E-state index < -0.39 is 6.12 Å². The molecule has 0 aromatic carbocycles. The average Bonchev–Trinajstić information content (AvgIpc) is 2.03. The fourth-order valence-corrected chi connectivity index (χ4v) is 2.41. The molecular formula is C9H20O2PS2-. The molecule has 0 atom stereocenters. The minimum Gasteiger partial charge on any atom is -0.516 e. The van der Waals surface area contributed by atoms with Crippen molar-refractivity contribution in [2.75, 3.05) is 13.2 Å². The lowest BCUT2D eigenvalue weighted by Gasteiger charge is -2.34. The SMILES string of the molecule is CCCCO[P+]([S-])([S-])OCCC(C)C. The summed E-state index contributed by atoms with van der Waals surface area (Å²) in [6, 6.07) is 0. The molecule has 0 heterocycles. The number of hydrogen-bond acceptors (Lipinski definition) is 4. The molecule has 2 nitrogen and oxygen atoms in total. The van der Waals surface area contributed by atoms with Crippen molar-refractivity contribution >= 4 is 30.6 Å². The Kier molecular flexibility index (Phi) is 8.85. The first kappa shape index (κ1) is 15.0. The first-order chi connectivity index (χ1) is 6.48. The zero-order valence-corrected chi connectivity index (χ0v) is 11.7. The highest BCUT2D eigenvalue weighted by atomic mass is 33.1. The van der Waals surface area contributed by atoms with Crippen molar-refractivity contribution in [3.8, 4) is 0 Å². The van der Waals surface area contributed by atoms with Gasteiger partial charge in [0, 0.05) is 6.12 Å². The van der Waals surface area contributed by atoms with Gasteiger partial charge in [0.15, 0.2) is 0 Å². The average molecular weight is 255 g/mol. The van der Waals surface area contributed by atoms with Gasteiger partial charge in [-0.15, -0.1) is 0 Å². The van der Waals surface area contributed by atoms with Gasteiger partial charge in [-0.3, -0.25) is 9.05 Å².